The molecule has 0 spiro atoms. The van der Waals surface area contributed by atoms with Crippen LogP contribution < -0.4 is 22.4 Å². The number of nitrogens with one attached hydrogen (secondary N) is 2. The first kappa shape index (κ1) is 22.1. The summed E-state index contributed by atoms with van der Waals surface area (Å²) in [6.07, 6.45) is 0. The molecule has 9 heteroatoms. The summed E-state index contributed by atoms with van der Waals surface area (Å²) in [5, 5.41) is 11.7. The average molecular weight is 431 g/mol. The highest BCUT2D eigenvalue weighted by Gasteiger charge is 2.20. The lowest BCUT2D eigenvalue weighted by Crippen LogP contribution is -2.30. The van der Waals surface area contributed by atoms with E-state index in [9.17, 15) is 0 Å². The van der Waals surface area contributed by atoms with E-state index in [0.717, 1.165) is 22.3 Å². The Morgan fingerprint density at radius 3 is 2.57 bits per heavy atom. The van der Waals surface area contributed by atoms with Crippen LogP contribution in [0, 0.1) is 0 Å². The lowest BCUT2D eigenvalue weighted by Gasteiger charge is -2.17. The molecule has 0 radical (unpaired) electrons. The molecule has 1 aromatic carbocycles. The molecule has 6 N–H and O–H groups in total. The largest absolute Gasteiger partial charge is 0.398 e. The number of hydrogen-bond acceptors (Lipinski definition) is 6. The molecule has 1 unspecified atom stereocenters. The number of fused-ring (bicyclic) bond motifs is 1. The Labute approximate surface area is 181 Å². The van der Waals surface area contributed by atoms with Crippen LogP contribution >= 0.6 is 11.6 Å². The summed E-state index contributed by atoms with van der Waals surface area (Å²) >= 11 is 6.04. The minimum absolute atomic E-state index is 0.0505. The number of nitrogens with two attached hydrogens (primary N) is 2. The van der Waals surface area contributed by atoms with Crippen molar-refractivity contribution < 1.29 is 0 Å². The van der Waals surface area contributed by atoms with Crippen molar-refractivity contribution in [2.45, 2.75) is 59.2 Å². The van der Waals surface area contributed by atoms with Crippen LogP contribution in [0.5, 0.6) is 0 Å². The third-order valence-electron chi connectivity index (χ3n) is 4.79. The van der Waals surface area contributed by atoms with E-state index >= 15 is 0 Å². The van der Waals surface area contributed by atoms with E-state index in [-0.39, 0.29) is 18.0 Å². The lowest BCUT2D eigenvalue weighted by atomic mass is 10.1. The average Bonchev–Trinajstić information content (AvgIpc) is 3.11. The number of aromatic amines is 1. The Morgan fingerprint density at radius 1 is 1.23 bits per heavy atom. The van der Waals surface area contributed by atoms with Crippen LogP contribution in [0.15, 0.2) is 23.2 Å². The van der Waals surface area contributed by atoms with Gasteiger partial charge in [0, 0.05) is 18.6 Å². The number of benzene rings is 1. The fourth-order valence-corrected chi connectivity index (χ4v) is 3.42. The standard InChI is InChI=1S/C21H31ClN8/c1-11(2)17-19-18(29-28-17)20(25-10-14-6-7-15(22)16(24)8-14)27-21(26-9-13(5)23)30(19)12(3)4/h6-8,11-13H,9-10,23-24H2,1-5H3,(H,28,29)(H,25,26,27). The third-order valence-corrected chi connectivity index (χ3v) is 5.14. The highest BCUT2D eigenvalue weighted by atomic mass is 35.5. The second-order valence-corrected chi connectivity index (χ2v) is 8.65. The molecule has 0 saturated heterocycles. The molecule has 1 atom stereocenters. The lowest BCUT2D eigenvalue weighted by molar-refractivity contribution is 0.564. The van der Waals surface area contributed by atoms with E-state index in [2.05, 4.69) is 47.8 Å². The smallest absolute Gasteiger partial charge is 0.227 e. The predicted octanol–water partition coefficient (Wildman–Crippen LogP) is 3.56. The molecular formula is C21H31ClN8. The van der Waals surface area contributed by atoms with Crippen LogP contribution in [0.2, 0.25) is 5.02 Å². The van der Waals surface area contributed by atoms with Crippen molar-refractivity contribution in [1.29, 1.82) is 0 Å². The van der Waals surface area contributed by atoms with Crippen LogP contribution in [0.4, 0.5) is 11.5 Å². The van der Waals surface area contributed by atoms with Crippen LogP contribution in [0.3, 0.4) is 0 Å². The van der Waals surface area contributed by atoms with Crippen molar-refractivity contribution in [3.8, 4) is 0 Å². The molecule has 2 heterocycles. The van der Waals surface area contributed by atoms with Crippen molar-refractivity contribution in [1.82, 2.24) is 19.7 Å². The topological polar surface area (TPSA) is 123 Å². The molecule has 162 valence electrons. The Balaban J connectivity index is 2.14. The van der Waals surface area contributed by atoms with Gasteiger partial charge in [-0.15, -0.1) is 0 Å². The Kier molecular flexibility index (Phi) is 6.67. The molecule has 0 fully saturated rings. The number of aromatic nitrogens is 4. The molecule has 0 aliphatic carbocycles. The van der Waals surface area contributed by atoms with Crippen LogP contribution in [0.25, 0.3) is 11.0 Å². The summed E-state index contributed by atoms with van der Waals surface area (Å²) in [5.41, 5.74) is 16.9. The van der Waals surface area contributed by atoms with E-state index in [4.69, 9.17) is 33.0 Å². The highest BCUT2D eigenvalue weighted by molar-refractivity contribution is 6.33. The third kappa shape index (κ3) is 4.60. The normalized spacial score (nSPS) is 13.6. The molecule has 0 amide bonds. The maximum atomic E-state index is 6.04. The Bertz CT molecular complexity index is 1090. The van der Waals surface area contributed by atoms with Gasteiger partial charge in [0.25, 0.3) is 0 Å². The molecule has 0 aliphatic rings. The van der Waals surface area contributed by atoms with E-state index in [1.807, 2.05) is 19.1 Å². The number of rotatable bonds is 7. The highest BCUT2D eigenvalue weighted by Crippen LogP contribution is 2.28. The maximum Gasteiger partial charge on any atom is 0.227 e. The van der Waals surface area contributed by atoms with Gasteiger partial charge >= 0.3 is 0 Å². The zero-order valence-electron chi connectivity index (χ0n) is 18.2. The van der Waals surface area contributed by atoms with Crippen molar-refractivity contribution >= 4 is 34.1 Å². The van der Waals surface area contributed by atoms with Gasteiger partial charge in [-0.25, -0.2) is 4.99 Å². The molecule has 3 aromatic rings. The van der Waals surface area contributed by atoms with Gasteiger partial charge in [0.05, 0.1) is 28.5 Å². The van der Waals surface area contributed by atoms with Gasteiger partial charge < -0.3 is 21.4 Å². The van der Waals surface area contributed by atoms with E-state index in [1.54, 1.807) is 6.07 Å². The first-order chi connectivity index (χ1) is 14.2. The monoisotopic (exact) mass is 430 g/mol. The van der Waals surface area contributed by atoms with E-state index in [0.29, 0.717) is 35.2 Å². The van der Waals surface area contributed by atoms with Gasteiger partial charge in [-0.1, -0.05) is 31.5 Å². The van der Waals surface area contributed by atoms with Crippen molar-refractivity contribution in [3.05, 3.63) is 40.1 Å². The predicted molar refractivity (Wildman–Crippen MR) is 124 cm³/mol. The summed E-state index contributed by atoms with van der Waals surface area (Å²) in [6.45, 7) is 11.5. The summed E-state index contributed by atoms with van der Waals surface area (Å²) < 4.78 is 2.13. The van der Waals surface area contributed by atoms with Crippen LogP contribution in [-0.2, 0) is 6.54 Å². The number of nitrogens with zero attached hydrogens (tertiary/aromatic N) is 4. The van der Waals surface area contributed by atoms with Crippen LogP contribution in [-0.4, -0.2) is 32.3 Å². The number of H-pyrrole nitrogens is 1. The minimum Gasteiger partial charge on any atom is -0.398 e. The summed E-state index contributed by atoms with van der Waals surface area (Å²) in [4.78, 5) is 9.52. The number of hydrogen-bond donors (Lipinski definition) is 4. The van der Waals surface area contributed by atoms with Gasteiger partial charge in [-0.2, -0.15) is 10.1 Å². The molecule has 8 nitrogen and oxygen atoms in total. The molecule has 2 aromatic heterocycles. The van der Waals surface area contributed by atoms with Gasteiger partial charge in [-0.05, 0) is 44.4 Å². The summed E-state index contributed by atoms with van der Waals surface area (Å²) in [5.74, 6) is 0.939. The maximum absolute atomic E-state index is 6.04. The molecule has 3 rings (SSSR count). The zero-order valence-corrected chi connectivity index (χ0v) is 19.0. The molecule has 0 saturated carbocycles. The van der Waals surface area contributed by atoms with Gasteiger partial charge in [0.1, 0.15) is 0 Å². The second kappa shape index (κ2) is 9.06. The SMILES string of the molecule is CC(N)CN=c1nc(NCc2ccc(Cl)c(N)c2)c2n[nH]c(C(C)C)c2n1C(C)C. The second-order valence-electron chi connectivity index (χ2n) is 8.24. The first-order valence-electron chi connectivity index (χ1n) is 10.2. The van der Waals surface area contributed by atoms with Crippen LogP contribution in [0.1, 0.15) is 57.8 Å². The summed E-state index contributed by atoms with van der Waals surface area (Å²) in [7, 11) is 0. The Hall–Kier alpha value is -2.58. The summed E-state index contributed by atoms with van der Waals surface area (Å²) in [6, 6.07) is 5.70. The zero-order chi connectivity index (χ0) is 22.0. The quantitative estimate of drug-likeness (QED) is 0.427. The minimum atomic E-state index is -0.0505. The van der Waals surface area contributed by atoms with E-state index in [1.165, 1.54) is 0 Å². The number of anilines is 2. The van der Waals surface area contributed by atoms with Crippen molar-refractivity contribution in [2.75, 3.05) is 17.6 Å². The fraction of sp³-hybridized carbons (Fsp3) is 0.476. The first-order valence-corrected chi connectivity index (χ1v) is 10.6. The van der Waals surface area contributed by atoms with Crippen molar-refractivity contribution in [3.63, 3.8) is 0 Å². The molecule has 0 bridgehead atoms. The molecule has 30 heavy (non-hydrogen) atoms. The Morgan fingerprint density at radius 2 is 1.97 bits per heavy atom. The number of halogens is 1. The fourth-order valence-electron chi connectivity index (χ4n) is 3.31. The number of nitrogen functional groups attached to an aromatic ring is 1. The van der Waals surface area contributed by atoms with E-state index < -0.39 is 0 Å². The van der Waals surface area contributed by atoms with Gasteiger partial charge in [0.15, 0.2) is 11.3 Å². The molecule has 0 aliphatic heterocycles. The van der Waals surface area contributed by atoms with Gasteiger partial charge in [0.2, 0.25) is 5.62 Å². The molecular weight excluding hydrogens is 400 g/mol. The van der Waals surface area contributed by atoms with Gasteiger partial charge in [-0.3, -0.25) is 5.10 Å². The van der Waals surface area contributed by atoms with Crippen molar-refractivity contribution in [2.24, 2.45) is 10.7 Å².